The van der Waals surface area contributed by atoms with Crippen LogP contribution in [0.4, 0.5) is 5.69 Å². The molecule has 2 amide bonds. The number of hydrogen-bond acceptors (Lipinski definition) is 4. The van der Waals surface area contributed by atoms with Gasteiger partial charge in [-0.2, -0.15) is 0 Å². The van der Waals surface area contributed by atoms with E-state index in [4.69, 9.17) is 0 Å². The molecule has 0 aromatic heterocycles. The molecule has 0 radical (unpaired) electrons. The van der Waals surface area contributed by atoms with E-state index >= 15 is 0 Å². The van der Waals surface area contributed by atoms with Crippen molar-refractivity contribution in [1.82, 2.24) is 15.1 Å². The summed E-state index contributed by atoms with van der Waals surface area (Å²) in [6.45, 7) is 11.6. The molecule has 1 heterocycles. The lowest BCUT2D eigenvalue weighted by Gasteiger charge is -2.27. The van der Waals surface area contributed by atoms with Crippen molar-refractivity contribution >= 4 is 28.3 Å². The highest BCUT2D eigenvalue weighted by Crippen LogP contribution is 2.23. The summed E-state index contributed by atoms with van der Waals surface area (Å²) in [6.07, 6.45) is 0.939. The van der Waals surface area contributed by atoms with Gasteiger partial charge in [-0.25, -0.2) is 0 Å². The number of amides is 2. The van der Waals surface area contributed by atoms with E-state index < -0.39 is 0 Å². The lowest BCUT2D eigenvalue weighted by molar-refractivity contribution is -0.124. The Kier molecular flexibility index (Phi) is 7.10. The Morgan fingerprint density at radius 3 is 2.50 bits per heavy atom. The number of fused-ring (bicyclic) bond motifs is 1. The predicted molar refractivity (Wildman–Crippen MR) is 123 cm³/mol. The van der Waals surface area contributed by atoms with Crippen LogP contribution in [0.1, 0.15) is 34.1 Å². The second-order valence-corrected chi connectivity index (χ2v) is 9.16. The van der Waals surface area contributed by atoms with Crippen LogP contribution in [-0.4, -0.2) is 65.9 Å². The molecule has 1 fully saturated rings. The Labute approximate surface area is 179 Å². The topological polar surface area (TPSA) is 64.7 Å². The molecular formula is C24H34N4O2. The zero-order valence-electron chi connectivity index (χ0n) is 18.6. The average molecular weight is 411 g/mol. The van der Waals surface area contributed by atoms with Crippen LogP contribution in [0.25, 0.3) is 10.8 Å². The number of benzene rings is 2. The highest BCUT2D eigenvalue weighted by molar-refractivity contribution is 6.03. The third-order valence-electron chi connectivity index (χ3n) is 5.48. The quantitative estimate of drug-likeness (QED) is 0.795. The van der Waals surface area contributed by atoms with Crippen molar-refractivity contribution < 1.29 is 9.59 Å². The first-order valence-corrected chi connectivity index (χ1v) is 10.8. The average Bonchev–Trinajstić information content (AvgIpc) is 2.91. The van der Waals surface area contributed by atoms with E-state index in [-0.39, 0.29) is 23.4 Å². The van der Waals surface area contributed by atoms with Crippen molar-refractivity contribution in [3.8, 4) is 0 Å². The predicted octanol–water partition coefficient (Wildman–Crippen LogP) is 3.09. The highest BCUT2D eigenvalue weighted by Gasteiger charge is 2.25. The third kappa shape index (κ3) is 6.03. The molecule has 2 aromatic carbocycles. The molecule has 162 valence electrons. The number of hydrogen-bond donors (Lipinski definition) is 2. The van der Waals surface area contributed by atoms with Crippen molar-refractivity contribution in [2.24, 2.45) is 0 Å². The number of nitrogens with one attached hydrogen (secondary N) is 2. The molecule has 30 heavy (non-hydrogen) atoms. The van der Waals surface area contributed by atoms with Gasteiger partial charge in [-0.1, -0.05) is 36.4 Å². The normalized spacial score (nSPS) is 17.3. The fourth-order valence-electron chi connectivity index (χ4n) is 3.93. The van der Waals surface area contributed by atoms with E-state index in [1.165, 1.54) is 0 Å². The molecule has 2 aromatic rings. The molecule has 0 saturated carbocycles. The van der Waals surface area contributed by atoms with Gasteiger partial charge in [0.15, 0.2) is 0 Å². The molecule has 1 aliphatic heterocycles. The van der Waals surface area contributed by atoms with E-state index in [2.05, 4.69) is 20.4 Å². The van der Waals surface area contributed by atoms with Crippen molar-refractivity contribution in [2.45, 2.75) is 45.7 Å². The van der Waals surface area contributed by atoms with Crippen LogP contribution < -0.4 is 10.6 Å². The van der Waals surface area contributed by atoms with Crippen molar-refractivity contribution in [2.75, 3.05) is 38.0 Å². The van der Waals surface area contributed by atoms with E-state index in [0.717, 1.165) is 49.1 Å². The van der Waals surface area contributed by atoms with Crippen LogP contribution >= 0.6 is 0 Å². The summed E-state index contributed by atoms with van der Waals surface area (Å²) in [5.41, 5.74) is 0.628. The van der Waals surface area contributed by atoms with Crippen LogP contribution in [0.2, 0.25) is 0 Å². The van der Waals surface area contributed by atoms with E-state index in [1.807, 2.05) is 70.2 Å². The maximum absolute atomic E-state index is 13.0. The van der Waals surface area contributed by atoms with Gasteiger partial charge in [0.2, 0.25) is 11.8 Å². The minimum atomic E-state index is -0.229. The Bertz CT molecular complexity index is 885. The van der Waals surface area contributed by atoms with Gasteiger partial charge >= 0.3 is 0 Å². The number of rotatable bonds is 5. The molecule has 1 aliphatic rings. The van der Waals surface area contributed by atoms with Crippen molar-refractivity contribution in [1.29, 1.82) is 0 Å². The standard InChI is InChI=1S/C24H34N4O2/c1-18(23(30)25-21-12-7-10-19-9-5-6-11-20(19)21)28-14-8-13-27(15-16-28)17-22(29)26-24(2,3)4/h5-7,9-12,18H,8,13-17H2,1-4H3,(H,25,30)(H,26,29)/t18-/m1/s1. The largest absolute Gasteiger partial charge is 0.350 e. The van der Waals surface area contributed by atoms with E-state index in [9.17, 15) is 9.59 Å². The van der Waals surface area contributed by atoms with Gasteiger partial charge in [0, 0.05) is 36.2 Å². The first kappa shape index (κ1) is 22.2. The first-order valence-electron chi connectivity index (χ1n) is 10.8. The lowest BCUT2D eigenvalue weighted by Crippen LogP contribution is -2.47. The van der Waals surface area contributed by atoms with Gasteiger partial charge in [0.25, 0.3) is 0 Å². The molecule has 0 spiro atoms. The summed E-state index contributed by atoms with van der Waals surface area (Å²) < 4.78 is 0. The van der Waals surface area contributed by atoms with Gasteiger partial charge in [0.1, 0.15) is 0 Å². The first-order chi connectivity index (χ1) is 14.2. The summed E-state index contributed by atoms with van der Waals surface area (Å²) >= 11 is 0. The van der Waals surface area contributed by atoms with E-state index in [1.54, 1.807) is 0 Å². The lowest BCUT2D eigenvalue weighted by atomic mass is 10.1. The maximum atomic E-state index is 13.0. The molecular weight excluding hydrogens is 376 g/mol. The Morgan fingerprint density at radius 1 is 1.00 bits per heavy atom. The molecule has 1 saturated heterocycles. The Hall–Kier alpha value is -2.44. The fraction of sp³-hybridized carbons (Fsp3) is 0.500. The Morgan fingerprint density at radius 2 is 1.73 bits per heavy atom. The third-order valence-corrected chi connectivity index (χ3v) is 5.48. The maximum Gasteiger partial charge on any atom is 0.241 e. The molecule has 1 atom stereocenters. The van der Waals surface area contributed by atoms with Gasteiger partial charge in [-0.15, -0.1) is 0 Å². The van der Waals surface area contributed by atoms with Crippen molar-refractivity contribution in [3.63, 3.8) is 0 Å². The SMILES string of the molecule is C[C@H](C(=O)Nc1cccc2ccccc12)N1CCCN(CC(=O)NC(C)(C)C)CC1. The van der Waals surface area contributed by atoms with Crippen molar-refractivity contribution in [3.05, 3.63) is 42.5 Å². The van der Waals surface area contributed by atoms with Crippen LogP contribution in [0.3, 0.4) is 0 Å². The molecule has 0 unspecified atom stereocenters. The number of carbonyl (C=O) groups excluding carboxylic acids is 2. The molecule has 6 nitrogen and oxygen atoms in total. The number of carbonyl (C=O) groups is 2. The van der Waals surface area contributed by atoms with Gasteiger partial charge in [-0.3, -0.25) is 19.4 Å². The minimum Gasteiger partial charge on any atom is -0.350 e. The second-order valence-electron chi connectivity index (χ2n) is 9.16. The summed E-state index contributed by atoms with van der Waals surface area (Å²) in [7, 11) is 0. The van der Waals surface area contributed by atoms with Crippen LogP contribution in [0.15, 0.2) is 42.5 Å². The molecule has 0 bridgehead atoms. The Balaban J connectivity index is 1.57. The van der Waals surface area contributed by atoms with E-state index in [0.29, 0.717) is 6.54 Å². The van der Waals surface area contributed by atoms with Gasteiger partial charge in [0.05, 0.1) is 12.6 Å². The molecule has 2 N–H and O–H groups in total. The zero-order chi connectivity index (χ0) is 21.7. The fourth-order valence-corrected chi connectivity index (χ4v) is 3.93. The van der Waals surface area contributed by atoms with Gasteiger partial charge in [-0.05, 0) is 52.1 Å². The second kappa shape index (κ2) is 9.58. The summed E-state index contributed by atoms with van der Waals surface area (Å²) in [5.74, 6) is 0.0583. The van der Waals surface area contributed by atoms with Crippen LogP contribution in [-0.2, 0) is 9.59 Å². The molecule has 0 aliphatic carbocycles. The molecule has 6 heteroatoms. The van der Waals surface area contributed by atoms with Gasteiger partial charge < -0.3 is 10.6 Å². The number of anilines is 1. The summed E-state index contributed by atoms with van der Waals surface area (Å²) in [4.78, 5) is 29.6. The van der Waals surface area contributed by atoms with Crippen LogP contribution in [0.5, 0.6) is 0 Å². The number of nitrogens with zero attached hydrogens (tertiary/aromatic N) is 2. The van der Waals surface area contributed by atoms with Crippen LogP contribution in [0, 0.1) is 0 Å². The zero-order valence-corrected chi connectivity index (χ0v) is 18.6. The highest BCUT2D eigenvalue weighted by atomic mass is 16.2. The summed E-state index contributed by atoms with van der Waals surface area (Å²) in [6, 6.07) is 13.8. The smallest absolute Gasteiger partial charge is 0.241 e. The molecule has 3 rings (SSSR count). The summed E-state index contributed by atoms with van der Waals surface area (Å²) in [5, 5.41) is 8.30. The minimum absolute atomic E-state index is 0.00489. The monoisotopic (exact) mass is 410 g/mol.